The fourth-order valence-electron chi connectivity index (χ4n) is 18.7. The maximum Gasteiger partial charge on any atom is 0.309 e. The van der Waals surface area contributed by atoms with Gasteiger partial charge in [-0.2, -0.15) is 0 Å². The first-order chi connectivity index (χ1) is 29.6. The lowest BCUT2D eigenvalue weighted by Gasteiger charge is -2.81. The van der Waals surface area contributed by atoms with E-state index in [0.29, 0.717) is 24.9 Å². The maximum atomic E-state index is 13.3. The van der Waals surface area contributed by atoms with Crippen molar-refractivity contribution in [1.82, 2.24) is 0 Å². The van der Waals surface area contributed by atoms with Gasteiger partial charge in [-0.25, -0.2) is 0 Å². The molecule has 6 saturated carbocycles. The van der Waals surface area contributed by atoms with Crippen molar-refractivity contribution < 1.29 is 29.6 Å². The molecule has 7 aliphatic carbocycles. The van der Waals surface area contributed by atoms with Crippen molar-refractivity contribution in [1.29, 1.82) is 0 Å². The average Bonchev–Trinajstić information content (AvgIpc) is 3.43. The molecule has 4 bridgehead atoms. The first-order valence-electron chi connectivity index (χ1n) is 25.9. The Kier molecular flexibility index (Phi) is 11.8. The predicted molar refractivity (Wildman–Crippen MR) is 246 cm³/mol. The van der Waals surface area contributed by atoms with Crippen LogP contribution in [0.3, 0.4) is 0 Å². The van der Waals surface area contributed by atoms with Gasteiger partial charge in [0.2, 0.25) is 0 Å². The fraction of sp³-hybridized carbons (Fsp3) is 0.839. The van der Waals surface area contributed by atoms with E-state index in [2.05, 4.69) is 70.7 Å². The lowest BCUT2D eigenvalue weighted by atomic mass is 9.22. The molecular formula is C56H84O6. The molecule has 13 unspecified atom stereocenters. The molecule has 1 aromatic rings. The summed E-state index contributed by atoms with van der Waals surface area (Å²) in [6.07, 6.45) is 26.1. The number of rotatable bonds is 12. The molecular weight excluding hydrogens is 769 g/mol. The Morgan fingerprint density at radius 2 is 1.52 bits per heavy atom. The number of aliphatic hydroxyl groups excluding tert-OH is 1. The van der Waals surface area contributed by atoms with Gasteiger partial charge in [0.25, 0.3) is 0 Å². The van der Waals surface area contributed by atoms with Crippen LogP contribution < -0.4 is 0 Å². The summed E-state index contributed by atoms with van der Waals surface area (Å²) < 4.78 is 12.6. The molecule has 6 heteroatoms. The van der Waals surface area contributed by atoms with E-state index >= 15 is 0 Å². The van der Waals surface area contributed by atoms with Crippen molar-refractivity contribution in [3.05, 3.63) is 35.4 Å². The number of methoxy groups -OCH3 is 1. The summed E-state index contributed by atoms with van der Waals surface area (Å²) in [7, 11) is 1.75. The number of hydrogen-bond acceptors (Lipinski definition) is 5. The van der Waals surface area contributed by atoms with Crippen molar-refractivity contribution in [3.8, 4) is 11.8 Å². The fourth-order valence-corrected chi connectivity index (χ4v) is 18.7. The van der Waals surface area contributed by atoms with Gasteiger partial charge in [0.15, 0.2) is 5.79 Å². The Balaban J connectivity index is 1.18. The average molecular weight is 853 g/mol. The molecule has 1 saturated heterocycles. The minimum atomic E-state index is -1.20. The highest BCUT2D eigenvalue weighted by molar-refractivity contribution is 5.74. The number of aliphatic carboxylic acids is 1. The molecule has 1 heterocycles. The van der Waals surface area contributed by atoms with E-state index in [1.807, 2.05) is 0 Å². The zero-order chi connectivity index (χ0) is 43.9. The second kappa shape index (κ2) is 16.2. The normalized spacial score (nSPS) is 47.3. The topological polar surface area (TPSA) is 96.2 Å². The molecule has 6 nitrogen and oxygen atoms in total. The first kappa shape index (κ1) is 45.3. The second-order valence-electron chi connectivity index (χ2n) is 24.3. The van der Waals surface area contributed by atoms with Crippen LogP contribution in [0, 0.1) is 78.8 Å². The monoisotopic (exact) mass is 853 g/mol. The second-order valence-corrected chi connectivity index (χ2v) is 24.3. The Labute approximate surface area is 375 Å². The van der Waals surface area contributed by atoms with Crippen molar-refractivity contribution in [2.24, 2.45) is 67.0 Å². The van der Waals surface area contributed by atoms with Gasteiger partial charge in [-0.3, -0.25) is 4.79 Å². The Morgan fingerprint density at radius 3 is 2.23 bits per heavy atom. The summed E-state index contributed by atoms with van der Waals surface area (Å²) in [4.78, 5) is 13.3. The van der Waals surface area contributed by atoms with Gasteiger partial charge < -0.3 is 24.8 Å². The molecule has 3 N–H and O–H groups in total. The number of carboxylic acid groups (broad SMARTS) is 1. The van der Waals surface area contributed by atoms with E-state index in [4.69, 9.17) is 9.47 Å². The first-order valence-corrected chi connectivity index (χ1v) is 25.9. The number of carbonyl (C=O) groups is 1. The lowest BCUT2D eigenvalue weighted by molar-refractivity contribution is -0.336. The predicted octanol–water partition coefficient (Wildman–Crippen LogP) is 12.1. The van der Waals surface area contributed by atoms with Crippen LogP contribution in [0.5, 0.6) is 0 Å². The number of carboxylic acids is 1. The molecule has 8 aliphatic rings. The van der Waals surface area contributed by atoms with Crippen LogP contribution in [0.1, 0.15) is 193 Å². The highest BCUT2D eigenvalue weighted by atomic mass is 16.6. The molecule has 1 aromatic carbocycles. The number of benzene rings is 1. The number of aliphatic hydroxyl groups is 2. The Morgan fingerprint density at radius 1 is 0.806 bits per heavy atom. The van der Waals surface area contributed by atoms with Crippen LogP contribution in [0.2, 0.25) is 0 Å². The molecule has 13 atom stereocenters. The van der Waals surface area contributed by atoms with E-state index in [0.717, 1.165) is 109 Å². The zero-order valence-electron chi connectivity index (χ0n) is 39.9. The van der Waals surface area contributed by atoms with Crippen LogP contribution in [-0.4, -0.2) is 53.5 Å². The van der Waals surface area contributed by atoms with Gasteiger partial charge in [-0.05, 0) is 160 Å². The molecule has 7 fully saturated rings. The number of ether oxygens (including phenoxy) is 2. The largest absolute Gasteiger partial charge is 0.481 e. The zero-order valence-corrected chi connectivity index (χ0v) is 39.9. The van der Waals surface area contributed by atoms with E-state index in [1.165, 1.54) is 62.5 Å². The van der Waals surface area contributed by atoms with Crippen molar-refractivity contribution in [3.63, 3.8) is 0 Å². The van der Waals surface area contributed by atoms with Crippen LogP contribution >= 0.6 is 0 Å². The van der Waals surface area contributed by atoms with Gasteiger partial charge in [0.1, 0.15) is 0 Å². The number of fused-ring (bicyclic) bond motifs is 3. The molecule has 344 valence electrons. The Hall–Kier alpha value is -1.91. The van der Waals surface area contributed by atoms with Crippen molar-refractivity contribution in [2.45, 2.75) is 207 Å². The van der Waals surface area contributed by atoms with Gasteiger partial charge in [-0.15, -0.1) is 5.92 Å². The van der Waals surface area contributed by atoms with E-state index in [-0.39, 0.29) is 45.7 Å². The van der Waals surface area contributed by atoms with Gasteiger partial charge in [0.05, 0.1) is 18.1 Å². The summed E-state index contributed by atoms with van der Waals surface area (Å²) >= 11 is 0. The minimum Gasteiger partial charge on any atom is -0.481 e. The van der Waals surface area contributed by atoms with Crippen LogP contribution in [0.25, 0.3) is 0 Å². The van der Waals surface area contributed by atoms with E-state index in [9.17, 15) is 20.1 Å². The highest BCUT2D eigenvalue weighted by Crippen LogP contribution is 2.88. The quantitative estimate of drug-likeness (QED) is 0.181. The standard InChI is InChI=1S/C56H84O6/c1-7-12-44-55-34-32-53-24-11-15-41(17-16-40-13-9-8-10-14-40)22-25-52(45-38-49(3,47(58)59)27-26-48(45,2)28-29-50(52,53)4)31-30-51(53,5)54(55,39-57)33-35-56(44,60)62-46(55)37-43-20-18-42(19-21-43)23-36-61-6/h18-21,40-41,44-46,57,60H,7-10,12-17,22-23,25-39H2,1-6H3,(H,58,59). The summed E-state index contributed by atoms with van der Waals surface area (Å²) in [6, 6.07) is 8.99. The SMILES string of the molecule is CCCC1C2(O)CCC3(CO)C1(CCC14C#CCC(CCC5CCCCC5)CCC5(CCC13C)C1CC(C)(C(=O)O)CCC1(C)CCC54C)C(Cc1ccc(CCOC)cc1)O2. The molecule has 62 heavy (non-hydrogen) atoms. The highest BCUT2D eigenvalue weighted by Gasteiger charge is 2.85. The molecule has 0 amide bonds. The van der Waals surface area contributed by atoms with E-state index < -0.39 is 28.0 Å². The van der Waals surface area contributed by atoms with Gasteiger partial charge in [0, 0.05) is 48.7 Å². The van der Waals surface area contributed by atoms with Gasteiger partial charge >= 0.3 is 5.97 Å². The third-order valence-corrected chi connectivity index (χ3v) is 22.3. The molecule has 1 aliphatic heterocycles. The van der Waals surface area contributed by atoms with Gasteiger partial charge in [-0.1, -0.05) is 103 Å². The summed E-state index contributed by atoms with van der Waals surface area (Å²) in [6.45, 7) is 12.9. The molecule has 0 radical (unpaired) electrons. The summed E-state index contributed by atoms with van der Waals surface area (Å²) in [5, 5.41) is 36.3. The Bertz CT molecular complexity index is 1880. The van der Waals surface area contributed by atoms with Crippen LogP contribution in [0.4, 0.5) is 0 Å². The molecule has 0 aromatic heterocycles. The summed E-state index contributed by atoms with van der Waals surface area (Å²) in [5.74, 6) is 8.37. The van der Waals surface area contributed by atoms with Crippen LogP contribution in [0.15, 0.2) is 24.3 Å². The summed E-state index contributed by atoms with van der Waals surface area (Å²) in [5.41, 5.74) is 0.125. The minimum absolute atomic E-state index is 0.0335. The molecule has 9 rings (SSSR count). The van der Waals surface area contributed by atoms with Crippen LogP contribution in [-0.2, 0) is 27.1 Å². The van der Waals surface area contributed by atoms with Crippen molar-refractivity contribution >= 4 is 5.97 Å². The number of hydrogen-bond donors (Lipinski definition) is 3. The third-order valence-electron chi connectivity index (χ3n) is 22.3. The smallest absolute Gasteiger partial charge is 0.309 e. The third kappa shape index (κ3) is 6.25. The lowest BCUT2D eigenvalue weighted by Crippen LogP contribution is -2.78. The maximum absolute atomic E-state index is 13.3. The van der Waals surface area contributed by atoms with Crippen molar-refractivity contribution in [2.75, 3.05) is 20.3 Å². The van der Waals surface area contributed by atoms with E-state index in [1.54, 1.807) is 7.11 Å². The molecule has 2 spiro atoms.